The van der Waals surface area contributed by atoms with Gasteiger partial charge in [-0.15, -0.1) is 0 Å². The number of benzene rings is 1. The largest absolute Gasteiger partial charge is 0.383 e. The number of hydrogen-bond acceptors (Lipinski definition) is 4. The van der Waals surface area contributed by atoms with E-state index in [1.165, 1.54) is 6.20 Å². The number of aromatic amines is 1. The summed E-state index contributed by atoms with van der Waals surface area (Å²) in [6.07, 6.45) is 3.17. The number of amides is 1. The molecule has 7 heteroatoms. The van der Waals surface area contributed by atoms with Gasteiger partial charge in [0.1, 0.15) is 11.4 Å². The Kier molecular flexibility index (Phi) is 2.45. The molecule has 0 radical (unpaired) electrons. The fourth-order valence-electron chi connectivity index (χ4n) is 1.90. The normalized spacial score (nSPS) is 10.8. The van der Waals surface area contributed by atoms with Crippen molar-refractivity contribution in [3.8, 4) is 0 Å². The predicted octanol–water partition coefficient (Wildman–Crippen LogP) is 1.13. The van der Waals surface area contributed by atoms with Crippen molar-refractivity contribution in [2.24, 2.45) is 7.05 Å². The summed E-state index contributed by atoms with van der Waals surface area (Å²) in [5.74, 6) is -0.0492. The molecule has 3 rings (SSSR count). The summed E-state index contributed by atoms with van der Waals surface area (Å²) in [4.78, 5) is 12.0. The number of nitrogens with zero attached hydrogens (tertiary/aromatic N) is 3. The SMILES string of the molecule is Cn1ncc2ccc(NC(=O)c3cn[nH]c3N)cc21. The molecule has 0 atom stereocenters. The number of hydrogen-bond donors (Lipinski definition) is 3. The van der Waals surface area contributed by atoms with Crippen molar-refractivity contribution in [2.75, 3.05) is 11.1 Å². The first-order valence-corrected chi connectivity index (χ1v) is 5.67. The van der Waals surface area contributed by atoms with E-state index in [9.17, 15) is 4.79 Å². The Hall–Kier alpha value is -2.83. The number of H-pyrrole nitrogens is 1. The Bertz CT molecular complexity index is 757. The van der Waals surface area contributed by atoms with Crippen LogP contribution in [0.1, 0.15) is 10.4 Å². The summed E-state index contributed by atoms with van der Waals surface area (Å²) >= 11 is 0. The van der Waals surface area contributed by atoms with E-state index in [0.717, 1.165) is 10.9 Å². The molecule has 1 amide bonds. The van der Waals surface area contributed by atoms with Gasteiger partial charge in [0.05, 0.1) is 17.9 Å². The molecule has 0 aliphatic carbocycles. The van der Waals surface area contributed by atoms with Crippen LogP contribution < -0.4 is 11.1 Å². The topological polar surface area (TPSA) is 102 Å². The van der Waals surface area contributed by atoms with Crippen LogP contribution in [0.2, 0.25) is 0 Å². The van der Waals surface area contributed by atoms with Crippen LogP contribution in [0.4, 0.5) is 11.5 Å². The molecule has 0 fully saturated rings. The molecule has 0 aliphatic heterocycles. The van der Waals surface area contributed by atoms with Crippen LogP contribution in [0.25, 0.3) is 10.9 Å². The second kappa shape index (κ2) is 4.13. The van der Waals surface area contributed by atoms with E-state index in [4.69, 9.17) is 5.73 Å². The molecule has 3 aromatic rings. The monoisotopic (exact) mass is 256 g/mol. The van der Waals surface area contributed by atoms with Crippen molar-refractivity contribution in [3.63, 3.8) is 0 Å². The van der Waals surface area contributed by atoms with Gasteiger partial charge in [0, 0.05) is 18.1 Å². The molecular weight excluding hydrogens is 244 g/mol. The number of aryl methyl sites for hydroxylation is 1. The van der Waals surface area contributed by atoms with E-state index in [1.807, 2.05) is 25.2 Å². The highest BCUT2D eigenvalue weighted by atomic mass is 16.1. The van der Waals surface area contributed by atoms with Crippen LogP contribution in [0, 0.1) is 0 Å². The zero-order valence-corrected chi connectivity index (χ0v) is 10.2. The molecule has 7 nitrogen and oxygen atoms in total. The minimum Gasteiger partial charge on any atom is -0.383 e. The van der Waals surface area contributed by atoms with Crippen molar-refractivity contribution < 1.29 is 4.79 Å². The van der Waals surface area contributed by atoms with Crippen molar-refractivity contribution in [2.45, 2.75) is 0 Å². The molecule has 96 valence electrons. The molecule has 0 aliphatic rings. The summed E-state index contributed by atoms with van der Waals surface area (Å²) in [6, 6.07) is 5.57. The van der Waals surface area contributed by atoms with E-state index in [-0.39, 0.29) is 11.7 Å². The van der Waals surface area contributed by atoms with E-state index in [2.05, 4.69) is 20.6 Å². The van der Waals surface area contributed by atoms with Gasteiger partial charge in [-0.1, -0.05) is 0 Å². The van der Waals surface area contributed by atoms with Crippen molar-refractivity contribution in [1.82, 2.24) is 20.0 Å². The third-order valence-corrected chi connectivity index (χ3v) is 2.92. The molecule has 0 saturated carbocycles. The van der Waals surface area contributed by atoms with Crippen molar-refractivity contribution >= 4 is 28.3 Å². The van der Waals surface area contributed by atoms with Gasteiger partial charge in [-0.3, -0.25) is 14.6 Å². The summed E-state index contributed by atoms with van der Waals surface area (Å²) in [6.45, 7) is 0. The maximum Gasteiger partial charge on any atom is 0.261 e. The van der Waals surface area contributed by atoms with Crippen LogP contribution in [0.15, 0.2) is 30.6 Å². The zero-order chi connectivity index (χ0) is 13.4. The van der Waals surface area contributed by atoms with Gasteiger partial charge in [0.15, 0.2) is 0 Å². The van der Waals surface area contributed by atoms with E-state index in [0.29, 0.717) is 11.3 Å². The first-order chi connectivity index (χ1) is 9.15. The van der Waals surface area contributed by atoms with Crippen molar-refractivity contribution in [1.29, 1.82) is 0 Å². The maximum absolute atomic E-state index is 12.0. The van der Waals surface area contributed by atoms with Crippen LogP contribution in [0.5, 0.6) is 0 Å². The highest BCUT2D eigenvalue weighted by Crippen LogP contribution is 2.19. The predicted molar refractivity (Wildman–Crippen MR) is 71.7 cm³/mol. The lowest BCUT2D eigenvalue weighted by atomic mass is 10.2. The smallest absolute Gasteiger partial charge is 0.261 e. The lowest BCUT2D eigenvalue weighted by Crippen LogP contribution is -2.12. The fraction of sp³-hybridized carbons (Fsp3) is 0.0833. The number of carbonyl (C=O) groups excluding carboxylic acids is 1. The lowest BCUT2D eigenvalue weighted by Gasteiger charge is -2.05. The van der Waals surface area contributed by atoms with Crippen molar-refractivity contribution in [3.05, 3.63) is 36.2 Å². The van der Waals surface area contributed by atoms with Gasteiger partial charge >= 0.3 is 0 Å². The van der Waals surface area contributed by atoms with Crippen LogP contribution in [0.3, 0.4) is 0 Å². The molecule has 1 aromatic carbocycles. The summed E-state index contributed by atoms with van der Waals surface area (Å²) < 4.78 is 1.75. The van der Waals surface area contributed by atoms with Gasteiger partial charge in [-0.05, 0) is 18.2 Å². The third kappa shape index (κ3) is 1.90. The van der Waals surface area contributed by atoms with Crippen LogP contribution in [-0.2, 0) is 7.05 Å². The van der Waals surface area contributed by atoms with E-state index < -0.39 is 0 Å². The number of rotatable bonds is 2. The molecule has 0 saturated heterocycles. The van der Waals surface area contributed by atoms with Gasteiger partial charge < -0.3 is 11.1 Å². The molecule has 0 spiro atoms. The minimum atomic E-state index is -0.298. The number of fused-ring (bicyclic) bond motifs is 1. The third-order valence-electron chi connectivity index (χ3n) is 2.92. The Labute approximate surface area is 108 Å². The van der Waals surface area contributed by atoms with E-state index >= 15 is 0 Å². The Morgan fingerprint density at radius 2 is 2.26 bits per heavy atom. The van der Waals surface area contributed by atoms with Gasteiger partial charge in [-0.2, -0.15) is 10.2 Å². The number of carbonyl (C=O) groups is 1. The summed E-state index contributed by atoms with van der Waals surface area (Å²) in [5, 5.41) is 14.2. The standard InChI is InChI=1S/C12H12N6O/c1-18-10-4-8(3-2-7(10)5-15-18)16-12(19)9-6-14-17-11(9)13/h2-6H,1H3,(H,16,19)(H3,13,14,17). The average molecular weight is 256 g/mol. The lowest BCUT2D eigenvalue weighted by molar-refractivity contribution is 0.102. The van der Waals surface area contributed by atoms with Crippen LogP contribution >= 0.6 is 0 Å². The molecule has 0 bridgehead atoms. The highest BCUT2D eigenvalue weighted by Gasteiger charge is 2.12. The molecule has 19 heavy (non-hydrogen) atoms. The number of nitrogens with one attached hydrogen (secondary N) is 2. The number of nitrogens with two attached hydrogens (primary N) is 1. The van der Waals surface area contributed by atoms with Gasteiger partial charge in [-0.25, -0.2) is 0 Å². The zero-order valence-electron chi connectivity index (χ0n) is 10.2. The van der Waals surface area contributed by atoms with Crippen LogP contribution in [-0.4, -0.2) is 25.9 Å². The number of anilines is 2. The number of aromatic nitrogens is 4. The second-order valence-electron chi connectivity index (χ2n) is 4.19. The first kappa shape index (κ1) is 11.3. The Morgan fingerprint density at radius 1 is 1.42 bits per heavy atom. The summed E-state index contributed by atoms with van der Waals surface area (Å²) in [5.41, 5.74) is 7.55. The second-order valence-corrected chi connectivity index (χ2v) is 4.19. The fourth-order valence-corrected chi connectivity index (χ4v) is 1.90. The van der Waals surface area contributed by atoms with E-state index in [1.54, 1.807) is 10.9 Å². The molecule has 2 heterocycles. The number of nitrogen functional groups attached to an aromatic ring is 1. The quantitative estimate of drug-likeness (QED) is 0.639. The van der Waals surface area contributed by atoms with Gasteiger partial charge in [0.25, 0.3) is 5.91 Å². The highest BCUT2D eigenvalue weighted by molar-refractivity contribution is 6.07. The average Bonchev–Trinajstić information content (AvgIpc) is 2.97. The Morgan fingerprint density at radius 3 is 3.00 bits per heavy atom. The van der Waals surface area contributed by atoms with Gasteiger partial charge in [0.2, 0.25) is 0 Å². The molecular formula is C12H12N6O. The Balaban J connectivity index is 1.91. The molecule has 0 unspecified atom stereocenters. The first-order valence-electron chi connectivity index (χ1n) is 5.67. The molecule has 2 aromatic heterocycles. The minimum absolute atomic E-state index is 0.249. The summed E-state index contributed by atoms with van der Waals surface area (Å²) in [7, 11) is 1.85. The molecule has 4 N–H and O–H groups in total. The maximum atomic E-state index is 12.0.